The van der Waals surface area contributed by atoms with Crippen LogP contribution in [-0.2, 0) is 16.4 Å². The fourth-order valence-corrected chi connectivity index (χ4v) is 4.67. The van der Waals surface area contributed by atoms with Crippen LogP contribution in [0.5, 0.6) is 5.75 Å². The van der Waals surface area contributed by atoms with E-state index in [2.05, 4.69) is 9.97 Å². The number of nitrogens with one attached hydrogen (secondary N) is 1. The van der Waals surface area contributed by atoms with Crippen molar-refractivity contribution < 1.29 is 35.8 Å². The summed E-state index contributed by atoms with van der Waals surface area (Å²) in [7, 11) is -4.84. The van der Waals surface area contributed by atoms with Crippen molar-refractivity contribution in [2.24, 2.45) is 5.92 Å². The molecule has 2 unspecified atom stereocenters. The Morgan fingerprint density at radius 1 is 1.15 bits per heavy atom. The zero-order valence-corrected chi connectivity index (χ0v) is 18.3. The molecule has 2 N–H and O–H groups in total. The summed E-state index contributed by atoms with van der Waals surface area (Å²) < 4.78 is 83.1. The molecule has 2 aromatic heterocycles. The Hall–Kier alpha value is -3.25. The summed E-state index contributed by atoms with van der Waals surface area (Å²) >= 11 is 0. The van der Waals surface area contributed by atoms with Crippen molar-refractivity contribution in [3.63, 3.8) is 0 Å². The molecule has 0 aliphatic carbocycles. The molecular weight excluding hydrogens is 478 g/mol. The number of ether oxygens (including phenoxy) is 1. The number of hydrogen-bond acceptors (Lipinski definition) is 6. The summed E-state index contributed by atoms with van der Waals surface area (Å²) in [5.41, 5.74) is 1.42. The van der Waals surface area contributed by atoms with Gasteiger partial charge in [-0.25, -0.2) is 17.8 Å². The van der Waals surface area contributed by atoms with E-state index >= 15 is 0 Å². The molecule has 180 valence electrons. The Bertz CT molecular complexity index is 1290. The topological polar surface area (TPSA) is 101 Å². The van der Waals surface area contributed by atoms with Crippen molar-refractivity contribution in [1.29, 1.82) is 0 Å². The first-order valence-electron chi connectivity index (χ1n) is 10.1. The molecule has 34 heavy (non-hydrogen) atoms. The van der Waals surface area contributed by atoms with Gasteiger partial charge in [-0.1, -0.05) is 18.2 Å². The minimum Gasteiger partial charge on any atom is -0.493 e. The molecule has 1 aliphatic heterocycles. The fourth-order valence-electron chi connectivity index (χ4n) is 3.71. The fraction of sp³-hybridized carbons (Fsp3) is 0.273. The van der Waals surface area contributed by atoms with Crippen LogP contribution >= 0.6 is 0 Å². The molecule has 4 rings (SSSR count). The van der Waals surface area contributed by atoms with Crippen LogP contribution < -0.4 is 9.46 Å². The Balaban J connectivity index is 1.62. The molecule has 7 nitrogen and oxygen atoms in total. The minimum absolute atomic E-state index is 0.0813. The summed E-state index contributed by atoms with van der Waals surface area (Å²) in [6, 6.07) is 10.9. The van der Waals surface area contributed by atoms with Crippen LogP contribution in [0, 0.1) is 11.7 Å². The van der Waals surface area contributed by atoms with Crippen LogP contribution in [0.15, 0.2) is 54.9 Å². The first kappa shape index (κ1) is 23.9. The van der Waals surface area contributed by atoms with Crippen molar-refractivity contribution in [3.05, 3.63) is 71.9 Å². The number of hydrogen-bond donors (Lipinski definition) is 2. The lowest BCUT2D eigenvalue weighted by molar-refractivity contribution is -0.106. The number of nitrogens with zero attached hydrogens (tertiary/aromatic N) is 2. The van der Waals surface area contributed by atoms with Crippen LogP contribution in [-0.4, -0.2) is 42.0 Å². The molecule has 0 radical (unpaired) electrons. The quantitative estimate of drug-likeness (QED) is 0.502. The van der Waals surface area contributed by atoms with Crippen LogP contribution in [0.3, 0.4) is 0 Å². The lowest BCUT2D eigenvalue weighted by Crippen LogP contribution is -2.28. The summed E-state index contributed by atoms with van der Waals surface area (Å²) in [6.07, 6.45) is -3.03. The zero-order valence-electron chi connectivity index (χ0n) is 17.5. The molecule has 12 heteroatoms. The van der Waals surface area contributed by atoms with Gasteiger partial charge in [-0.05, 0) is 36.2 Å². The Labute approximate surface area is 192 Å². The number of aliphatic hydroxyl groups is 1. The van der Waals surface area contributed by atoms with E-state index in [1.54, 1.807) is 23.1 Å². The van der Waals surface area contributed by atoms with Crippen molar-refractivity contribution in [2.45, 2.75) is 18.7 Å². The second-order valence-electron chi connectivity index (χ2n) is 7.82. The molecule has 3 aromatic rings. The molecule has 1 aliphatic rings. The van der Waals surface area contributed by atoms with E-state index in [0.29, 0.717) is 18.2 Å². The number of alkyl halides is 3. The monoisotopic (exact) mass is 497 g/mol. The maximum absolute atomic E-state index is 13.9. The lowest BCUT2D eigenvalue weighted by Gasteiger charge is -2.30. The van der Waals surface area contributed by atoms with E-state index in [-0.39, 0.29) is 29.4 Å². The van der Waals surface area contributed by atoms with Gasteiger partial charge in [0.05, 0.1) is 18.9 Å². The highest BCUT2D eigenvalue weighted by Gasteiger charge is 2.36. The second kappa shape index (κ2) is 9.18. The molecule has 1 aromatic carbocycles. The van der Waals surface area contributed by atoms with Crippen LogP contribution in [0.1, 0.15) is 17.4 Å². The lowest BCUT2D eigenvalue weighted by atomic mass is 9.88. The predicted octanol–water partition coefficient (Wildman–Crippen LogP) is 3.87. The average Bonchev–Trinajstić information content (AvgIpc) is 2.75. The summed E-state index contributed by atoms with van der Waals surface area (Å²) in [4.78, 5) is 7.88. The first-order chi connectivity index (χ1) is 16.0. The number of aliphatic hydroxyl groups excluding tert-OH is 1. The van der Waals surface area contributed by atoms with E-state index in [1.165, 1.54) is 12.1 Å². The number of aromatic nitrogens is 2. The highest BCUT2D eigenvalue weighted by atomic mass is 32.2. The SMILES string of the molecule is O=S(=O)(CC(F)(F)F)Nc1ncc(F)cc1-c1ccc2c(c1)OCC(Cc1ccccn1)C2O. The van der Waals surface area contributed by atoms with Gasteiger partial charge in [0.1, 0.15) is 17.4 Å². The average molecular weight is 497 g/mol. The number of anilines is 1. The number of halogens is 4. The van der Waals surface area contributed by atoms with Gasteiger partial charge in [0, 0.05) is 28.9 Å². The van der Waals surface area contributed by atoms with Crippen LogP contribution in [0.25, 0.3) is 11.1 Å². The van der Waals surface area contributed by atoms with E-state index < -0.39 is 39.7 Å². The third kappa shape index (κ3) is 5.62. The zero-order chi connectivity index (χ0) is 24.5. The molecule has 0 bridgehead atoms. The molecular formula is C22H19F4N3O4S. The van der Waals surface area contributed by atoms with Crippen molar-refractivity contribution in [3.8, 4) is 16.9 Å². The van der Waals surface area contributed by atoms with Gasteiger partial charge < -0.3 is 9.84 Å². The maximum Gasteiger partial charge on any atom is 0.404 e. The number of benzene rings is 1. The van der Waals surface area contributed by atoms with E-state index in [1.807, 2.05) is 12.1 Å². The van der Waals surface area contributed by atoms with Crippen LogP contribution in [0.4, 0.5) is 23.4 Å². The van der Waals surface area contributed by atoms with Gasteiger partial charge >= 0.3 is 6.18 Å². The third-order valence-corrected chi connectivity index (χ3v) is 6.41. The van der Waals surface area contributed by atoms with Crippen molar-refractivity contribution in [1.82, 2.24) is 9.97 Å². The van der Waals surface area contributed by atoms with Crippen molar-refractivity contribution >= 4 is 15.8 Å². The predicted molar refractivity (Wildman–Crippen MR) is 115 cm³/mol. The Morgan fingerprint density at radius 3 is 2.65 bits per heavy atom. The maximum atomic E-state index is 13.9. The third-order valence-electron chi connectivity index (χ3n) is 5.20. The minimum atomic E-state index is -4.96. The summed E-state index contributed by atoms with van der Waals surface area (Å²) in [5, 5.41) is 10.8. The normalized spacial score (nSPS) is 18.1. The van der Waals surface area contributed by atoms with Crippen molar-refractivity contribution in [2.75, 3.05) is 17.1 Å². The molecule has 0 fully saturated rings. The molecule has 2 atom stereocenters. The summed E-state index contributed by atoms with van der Waals surface area (Å²) in [6.45, 7) is 0.167. The molecule has 0 spiro atoms. The van der Waals surface area contributed by atoms with Gasteiger partial charge in [0.25, 0.3) is 0 Å². The van der Waals surface area contributed by atoms with Gasteiger partial charge in [0.15, 0.2) is 5.75 Å². The Morgan fingerprint density at radius 2 is 1.94 bits per heavy atom. The largest absolute Gasteiger partial charge is 0.493 e. The molecule has 0 saturated heterocycles. The standard InChI is InChI=1S/C22H19F4N3O4S/c23-15-9-18(21(28-10-15)29-34(31,32)12-22(24,25)26)13-4-5-17-19(8-13)33-11-14(20(17)30)7-16-3-1-2-6-27-16/h1-6,8-10,14,20,30H,7,11-12H2,(H,28,29). The number of pyridine rings is 2. The second-order valence-corrected chi connectivity index (χ2v) is 9.54. The first-order valence-corrected chi connectivity index (χ1v) is 11.7. The number of fused-ring (bicyclic) bond motifs is 1. The summed E-state index contributed by atoms with van der Waals surface area (Å²) in [5.74, 6) is -3.38. The number of sulfonamides is 1. The number of rotatable bonds is 6. The molecule has 0 saturated carbocycles. The molecule has 0 amide bonds. The van der Waals surface area contributed by atoms with Gasteiger partial charge in [-0.3, -0.25) is 9.71 Å². The van der Waals surface area contributed by atoms with E-state index in [4.69, 9.17) is 4.74 Å². The highest BCUT2D eigenvalue weighted by molar-refractivity contribution is 7.92. The Kier molecular flexibility index (Phi) is 6.45. The van der Waals surface area contributed by atoms with E-state index in [0.717, 1.165) is 11.8 Å². The van der Waals surface area contributed by atoms with Gasteiger partial charge in [0.2, 0.25) is 10.0 Å². The van der Waals surface area contributed by atoms with Gasteiger partial charge in [-0.2, -0.15) is 13.2 Å². The van der Waals surface area contributed by atoms with Crippen LogP contribution in [0.2, 0.25) is 0 Å². The smallest absolute Gasteiger partial charge is 0.404 e. The van der Waals surface area contributed by atoms with E-state index in [9.17, 15) is 31.1 Å². The van der Waals surface area contributed by atoms with Gasteiger partial charge in [-0.15, -0.1) is 0 Å². The highest BCUT2D eigenvalue weighted by Crippen LogP contribution is 2.40. The molecule has 3 heterocycles.